The third kappa shape index (κ3) is 1.84. The van der Waals surface area contributed by atoms with E-state index in [4.69, 9.17) is 4.74 Å². The summed E-state index contributed by atoms with van der Waals surface area (Å²) in [5.41, 5.74) is 2.91. The van der Waals surface area contributed by atoms with Gasteiger partial charge in [-0.15, -0.1) is 0 Å². The van der Waals surface area contributed by atoms with Crippen LogP contribution < -0.4 is 5.32 Å². The van der Waals surface area contributed by atoms with Gasteiger partial charge in [0.25, 0.3) is 6.02 Å². The molecule has 1 aromatic rings. The van der Waals surface area contributed by atoms with Crippen molar-refractivity contribution in [3.05, 3.63) is 33.8 Å². The van der Waals surface area contributed by atoms with Crippen molar-refractivity contribution in [1.29, 1.82) is 0 Å². The fourth-order valence-electron chi connectivity index (χ4n) is 2.69. The molecule has 0 amide bonds. The fraction of sp³-hybridized carbons (Fsp3) is 0.462. The molecule has 1 aliphatic heterocycles. The van der Waals surface area contributed by atoms with Gasteiger partial charge < -0.3 is 10.1 Å². The van der Waals surface area contributed by atoms with Crippen LogP contribution in [-0.4, -0.2) is 25.2 Å². The number of rotatable bonds is 0. The minimum Gasteiger partial charge on any atom is -0.463 e. The number of hydrogen-bond donors (Lipinski definition) is 1. The maximum absolute atomic E-state index is 5.57. The second-order valence-electron chi connectivity index (χ2n) is 4.78. The number of halogens is 1. The van der Waals surface area contributed by atoms with E-state index in [2.05, 4.69) is 44.4 Å². The van der Waals surface area contributed by atoms with Crippen molar-refractivity contribution in [1.82, 2.24) is 5.32 Å². The van der Waals surface area contributed by atoms with Gasteiger partial charge in [-0.25, -0.2) is 4.99 Å². The summed E-state index contributed by atoms with van der Waals surface area (Å²) < 4.78 is 6.78. The number of ether oxygens (including phenoxy) is 1. The molecule has 1 atom stereocenters. The summed E-state index contributed by atoms with van der Waals surface area (Å²) in [6, 6.07) is 7.12. The lowest BCUT2D eigenvalue weighted by molar-refractivity contribution is 0.241. The lowest BCUT2D eigenvalue weighted by Crippen LogP contribution is -2.48. The normalized spacial score (nSPS) is 28.9. The van der Waals surface area contributed by atoms with Gasteiger partial charge in [-0.1, -0.05) is 28.1 Å². The molecule has 0 saturated carbocycles. The van der Waals surface area contributed by atoms with Crippen LogP contribution in [0.25, 0.3) is 0 Å². The van der Waals surface area contributed by atoms with Crippen LogP contribution in [0, 0.1) is 0 Å². The highest BCUT2D eigenvalue weighted by Crippen LogP contribution is 2.35. The van der Waals surface area contributed by atoms with Crippen LogP contribution in [-0.2, 0) is 17.6 Å². The molecule has 3 rings (SSSR count). The number of aryl methyl sites for hydroxylation is 1. The third-order valence-corrected chi connectivity index (χ3v) is 4.41. The predicted molar refractivity (Wildman–Crippen MR) is 71.3 cm³/mol. The molecule has 1 heterocycles. The number of benzene rings is 1. The summed E-state index contributed by atoms with van der Waals surface area (Å²) in [5, 5.41) is 3.43. The number of nitrogens with one attached hydrogen (secondary N) is 1. The lowest BCUT2D eigenvalue weighted by atomic mass is 9.79. The van der Waals surface area contributed by atoms with Gasteiger partial charge in [-0.05, 0) is 30.0 Å². The molecule has 1 saturated heterocycles. The van der Waals surface area contributed by atoms with Gasteiger partial charge in [0.1, 0.15) is 6.61 Å². The number of hydrogen-bond acceptors (Lipinski definition) is 2. The van der Waals surface area contributed by atoms with Gasteiger partial charge in [-0.2, -0.15) is 0 Å². The maximum atomic E-state index is 5.57. The van der Waals surface area contributed by atoms with Crippen molar-refractivity contribution >= 4 is 22.0 Å². The van der Waals surface area contributed by atoms with Crippen LogP contribution in [0.1, 0.15) is 17.5 Å². The van der Waals surface area contributed by atoms with Crippen LogP contribution in [0.5, 0.6) is 0 Å². The van der Waals surface area contributed by atoms with Crippen LogP contribution >= 0.6 is 15.9 Å². The van der Waals surface area contributed by atoms with Gasteiger partial charge >= 0.3 is 0 Å². The Morgan fingerprint density at radius 1 is 1.47 bits per heavy atom. The monoisotopic (exact) mass is 294 g/mol. The minimum absolute atomic E-state index is 0.0473. The van der Waals surface area contributed by atoms with E-state index in [9.17, 15) is 0 Å². The van der Waals surface area contributed by atoms with Crippen molar-refractivity contribution in [3.8, 4) is 0 Å². The largest absolute Gasteiger partial charge is 0.463 e. The Morgan fingerprint density at radius 3 is 3.12 bits per heavy atom. The highest BCUT2D eigenvalue weighted by Gasteiger charge is 2.41. The first kappa shape index (κ1) is 11.1. The molecule has 3 nitrogen and oxygen atoms in total. The molecule has 2 aliphatic rings. The van der Waals surface area contributed by atoms with Crippen LogP contribution in [0.3, 0.4) is 0 Å². The number of nitrogens with zero attached hydrogens (tertiary/aromatic N) is 1. The molecule has 1 N–H and O–H groups in total. The molecule has 90 valence electrons. The summed E-state index contributed by atoms with van der Waals surface area (Å²) in [5.74, 6) is 0. The summed E-state index contributed by atoms with van der Waals surface area (Å²) in [7, 11) is 1.76. The molecule has 0 bridgehead atoms. The molecule has 0 radical (unpaired) electrons. The molecule has 1 spiro atoms. The van der Waals surface area contributed by atoms with Gasteiger partial charge in [0.05, 0.1) is 5.54 Å². The van der Waals surface area contributed by atoms with E-state index < -0.39 is 0 Å². The number of fused-ring (bicyclic) bond motifs is 1. The Balaban J connectivity index is 1.93. The second kappa shape index (κ2) is 4.02. The average molecular weight is 295 g/mol. The summed E-state index contributed by atoms with van der Waals surface area (Å²) in [6.07, 6.45) is 3.21. The molecular weight excluding hydrogens is 280 g/mol. The van der Waals surface area contributed by atoms with E-state index in [1.807, 2.05) is 0 Å². The van der Waals surface area contributed by atoms with E-state index in [-0.39, 0.29) is 5.54 Å². The topological polar surface area (TPSA) is 33.6 Å². The highest BCUT2D eigenvalue weighted by atomic mass is 79.9. The number of amidine groups is 1. The first-order valence-electron chi connectivity index (χ1n) is 5.86. The van der Waals surface area contributed by atoms with Crippen molar-refractivity contribution in [2.24, 2.45) is 4.99 Å². The molecular formula is C13H15BrN2O. The standard InChI is InChI=1S/C13H15BrN2O/c1-15-12-16-13(8-17-12)6-5-9-3-2-4-11(14)10(9)7-13/h2-4H,5-8H2,1H3,(H,15,16). The SMILES string of the molecule is CN=C1NC2(CCc3cccc(Br)c3C2)CO1. The Hall–Kier alpha value is -1.03. The number of aliphatic imine (C=N–C) groups is 1. The van der Waals surface area contributed by atoms with Crippen LogP contribution in [0.4, 0.5) is 0 Å². The first-order valence-corrected chi connectivity index (χ1v) is 6.66. The zero-order chi connectivity index (χ0) is 11.9. The van der Waals surface area contributed by atoms with E-state index in [0.29, 0.717) is 6.02 Å². The smallest absolute Gasteiger partial charge is 0.284 e. The molecule has 17 heavy (non-hydrogen) atoms. The first-order chi connectivity index (χ1) is 8.22. The lowest BCUT2D eigenvalue weighted by Gasteiger charge is -2.33. The molecule has 1 aromatic carbocycles. The molecule has 1 unspecified atom stereocenters. The van der Waals surface area contributed by atoms with E-state index >= 15 is 0 Å². The Morgan fingerprint density at radius 2 is 2.35 bits per heavy atom. The summed E-state index contributed by atoms with van der Waals surface area (Å²) in [4.78, 5) is 4.09. The maximum Gasteiger partial charge on any atom is 0.284 e. The molecule has 1 aliphatic carbocycles. The zero-order valence-corrected chi connectivity index (χ0v) is 11.4. The van der Waals surface area contributed by atoms with Crippen molar-refractivity contribution in [2.45, 2.75) is 24.8 Å². The fourth-order valence-corrected chi connectivity index (χ4v) is 3.24. The third-order valence-electron chi connectivity index (χ3n) is 3.66. The Labute approximate surface area is 109 Å². The Bertz CT molecular complexity index is 486. The summed E-state index contributed by atoms with van der Waals surface area (Å²) in [6.45, 7) is 0.723. The average Bonchev–Trinajstić information content (AvgIpc) is 2.74. The van der Waals surface area contributed by atoms with Gasteiger partial charge in [0.15, 0.2) is 0 Å². The van der Waals surface area contributed by atoms with Crippen molar-refractivity contribution in [2.75, 3.05) is 13.7 Å². The predicted octanol–water partition coefficient (Wildman–Crippen LogP) is 2.28. The van der Waals surface area contributed by atoms with Crippen molar-refractivity contribution in [3.63, 3.8) is 0 Å². The quantitative estimate of drug-likeness (QED) is 0.796. The Kier molecular flexibility index (Phi) is 2.62. The molecule has 4 heteroatoms. The molecule has 0 aromatic heterocycles. The second-order valence-corrected chi connectivity index (χ2v) is 5.63. The zero-order valence-electron chi connectivity index (χ0n) is 9.79. The molecule has 1 fully saturated rings. The van der Waals surface area contributed by atoms with E-state index in [1.165, 1.54) is 15.6 Å². The van der Waals surface area contributed by atoms with Gasteiger partial charge in [0.2, 0.25) is 0 Å². The highest BCUT2D eigenvalue weighted by molar-refractivity contribution is 9.10. The van der Waals surface area contributed by atoms with Gasteiger partial charge in [0, 0.05) is 17.9 Å². The van der Waals surface area contributed by atoms with E-state index in [0.717, 1.165) is 25.9 Å². The van der Waals surface area contributed by atoms with E-state index in [1.54, 1.807) is 7.05 Å². The van der Waals surface area contributed by atoms with Crippen molar-refractivity contribution < 1.29 is 4.74 Å². The van der Waals surface area contributed by atoms with Crippen LogP contribution in [0.2, 0.25) is 0 Å². The minimum atomic E-state index is 0.0473. The van der Waals surface area contributed by atoms with Crippen LogP contribution in [0.15, 0.2) is 27.7 Å². The summed E-state index contributed by atoms with van der Waals surface area (Å²) >= 11 is 3.65. The van der Waals surface area contributed by atoms with Gasteiger partial charge in [-0.3, -0.25) is 0 Å².